The van der Waals surface area contributed by atoms with E-state index in [4.69, 9.17) is 21.1 Å². The Labute approximate surface area is 127 Å². The molecule has 7 heteroatoms. The van der Waals surface area contributed by atoms with E-state index in [1.165, 1.54) is 11.3 Å². The fourth-order valence-corrected chi connectivity index (χ4v) is 2.29. The third-order valence-electron chi connectivity index (χ3n) is 2.16. The number of rotatable bonds is 5. The van der Waals surface area contributed by atoms with Crippen LogP contribution in [0.2, 0.25) is 0 Å². The summed E-state index contributed by atoms with van der Waals surface area (Å²) in [4.78, 5) is 24.5. The van der Waals surface area contributed by atoms with Crippen LogP contribution in [-0.4, -0.2) is 29.8 Å². The molecule has 1 aromatic rings. The van der Waals surface area contributed by atoms with Crippen molar-refractivity contribution in [3.8, 4) is 0 Å². The Balaban J connectivity index is 2.67. The van der Waals surface area contributed by atoms with E-state index in [0.29, 0.717) is 6.42 Å². The number of hydrogen-bond acceptors (Lipinski definition) is 5. The number of alkyl halides is 1. The molecule has 0 bridgehead atoms. The number of alkyl carbamates (subject to hydrolysis) is 1. The van der Waals surface area contributed by atoms with E-state index in [2.05, 4.69) is 5.32 Å². The lowest BCUT2D eigenvalue weighted by Gasteiger charge is -2.22. The number of carbonyl (C=O) groups excluding carboxylic acids is 2. The van der Waals surface area contributed by atoms with Gasteiger partial charge in [0.2, 0.25) is 0 Å². The Kier molecular flexibility index (Phi) is 6.29. The minimum Gasteiger partial charge on any atom is -0.448 e. The highest BCUT2D eigenvalue weighted by molar-refractivity contribution is 7.09. The van der Waals surface area contributed by atoms with Gasteiger partial charge in [0.25, 0.3) is 0 Å². The molecule has 20 heavy (non-hydrogen) atoms. The molecule has 0 spiro atoms. The van der Waals surface area contributed by atoms with Gasteiger partial charge >= 0.3 is 12.1 Å². The molecule has 112 valence electrons. The minimum atomic E-state index is -0.817. The van der Waals surface area contributed by atoms with E-state index in [0.717, 1.165) is 4.88 Å². The average molecular weight is 320 g/mol. The van der Waals surface area contributed by atoms with Gasteiger partial charge in [-0.15, -0.1) is 11.3 Å². The number of nitrogens with one attached hydrogen (secondary N) is 1. The standard InChI is InChI=1S/C13H18ClNO4S/c1-13(2,3)19-12(17)15-10(11(16)18-8-14)7-9-5-4-6-20-9/h4-6,10H,7-8H2,1-3H3,(H,15,17). The zero-order chi connectivity index (χ0) is 15.2. The Bertz CT molecular complexity index is 442. The van der Waals surface area contributed by atoms with Gasteiger partial charge in [-0.1, -0.05) is 17.7 Å². The Morgan fingerprint density at radius 1 is 1.45 bits per heavy atom. The van der Waals surface area contributed by atoms with Gasteiger partial charge in [-0.05, 0) is 32.2 Å². The largest absolute Gasteiger partial charge is 0.448 e. The van der Waals surface area contributed by atoms with Crippen molar-refractivity contribution in [3.05, 3.63) is 22.4 Å². The summed E-state index contributed by atoms with van der Waals surface area (Å²) in [5.74, 6) is -0.584. The third kappa shape index (κ3) is 6.25. The number of thiophene rings is 1. The van der Waals surface area contributed by atoms with Crippen LogP contribution in [0.3, 0.4) is 0 Å². The zero-order valence-corrected chi connectivity index (χ0v) is 13.2. The monoisotopic (exact) mass is 319 g/mol. The van der Waals surface area contributed by atoms with Gasteiger partial charge in [0, 0.05) is 11.3 Å². The van der Waals surface area contributed by atoms with Gasteiger partial charge in [-0.25, -0.2) is 9.59 Å². The van der Waals surface area contributed by atoms with Gasteiger partial charge in [-0.3, -0.25) is 0 Å². The lowest BCUT2D eigenvalue weighted by atomic mass is 10.2. The van der Waals surface area contributed by atoms with Crippen LogP contribution in [-0.2, 0) is 20.7 Å². The first-order chi connectivity index (χ1) is 9.31. The van der Waals surface area contributed by atoms with Crippen molar-refractivity contribution < 1.29 is 19.1 Å². The first-order valence-electron chi connectivity index (χ1n) is 6.06. The molecule has 1 heterocycles. The van der Waals surface area contributed by atoms with Crippen LogP contribution < -0.4 is 5.32 Å². The highest BCUT2D eigenvalue weighted by Crippen LogP contribution is 2.13. The van der Waals surface area contributed by atoms with Gasteiger partial charge in [0.05, 0.1) is 0 Å². The molecule has 1 rings (SSSR count). The van der Waals surface area contributed by atoms with Crippen molar-refractivity contribution in [2.45, 2.75) is 38.8 Å². The zero-order valence-electron chi connectivity index (χ0n) is 11.6. The molecule has 0 radical (unpaired) electrons. The maximum atomic E-state index is 11.8. The number of hydrogen-bond donors (Lipinski definition) is 1. The molecule has 1 atom stereocenters. The predicted molar refractivity (Wildman–Crippen MR) is 78.0 cm³/mol. The summed E-state index contributed by atoms with van der Waals surface area (Å²) in [5, 5.41) is 4.40. The number of halogens is 1. The summed E-state index contributed by atoms with van der Waals surface area (Å²) in [6, 6.07) is 2.68. The van der Waals surface area contributed by atoms with Gasteiger partial charge in [0.1, 0.15) is 11.6 Å². The molecule has 0 saturated heterocycles. The average Bonchev–Trinajstić information content (AvgIpc) is 2.78. The number of carbonyl (C=O) groups is 2. The molecular weight excluding hydrogens is 302 g/mol. The van der Waals surface area contributed by atoms with Crippen molar-refractivity contribution in [3.63, 3.8) is 0 Å². The molecule has 1 unspecified atom stereocenters. The van der Waals surface area contributed by atoms with E-state index in [1.54, 1.807) is 20.8 Å². The topological polar surface area (TPSA) is 64.6 Å². The number of esters is 1. The molecule has 0 aliphatic carbocycles. The minimum absolute atomic E-state index is 0.254. The van der Waals surface area contributed by atoms with Crippen LogP contribution in [0.5, 0.6) is 0 Å². The van der Waals surface area contributed by atoms with Crippen LogP contribution in [0.25, 0.3) is 0 Å². The van der Waals surface area contributed by atoms with Gasteiger partial charge in [0.15, 0.2) is 6.07 Å². The van der Waals surface area contributed by atoms with Crippen molar-refractivity contribution in [1.82, 2.24) is 5.32 Å². The second-order valence-corrected chi connectivity index (χ2v) is 6.31. The molecule has 1 N–H and O–H groups in total. The first kappa shape index (κ1) is 16.8. The molecule has 1 amide bonds. The summed E-state index contributed by atoms with van der Waals surface area (Å²) >= 11 is 6.88. The third-order valence-corrected chi connectivity index (χ3v) is 3.17. The predicted octanol–water partition coefficient (Wildman–Crippen LogP) is 2.92. The van der Waals surface area contributed by atoms with Crippen LogP contribution >= 0.6 is 22.9 Å². The lowest BCUT2D eigenvalue weighted by molar-refractivity contribution is -0.144. The normalized spacial score (nSPS) is 12.6. The lowest BCUT2D eigenvalue weighted by Crippen LogP contribution is -2.45. The Hall–Kier alpha value is -1.27. The van der Waals surface area contributed by atoms with Crippen molar-refractivity contribution in [2.24, 2.45) is 0 Å². The maximum Gasteiger partial charge on any atom is 0.408 e. The van der Waals surface area contributed by atoms with Crippen molar-refractivity contribution >= 4 is 35.0 Å². The van der Waals surface area contributed by atoms with Crippen LogP contribution in [0.4, 0.5) is 4.79 Å². The van der Waals surface area contributed by atoms with Crippen LogP contribution in [0, 0.1) is 0 Å². The van der Waals surface area contributed by atoms with Gasteiger partial charge < -0.3 is 14.8 Å². The first-order valence-corrected chi connectivity index (χ1v) is 7.48. The molecule has 0 aliphatic heterocycles. The Morgan fingerprint density at radius 3 is 2.65 bits per heavy atom. The molecule has 0 aliphatic rings. The summed E-state index contributed by atoms with van der Waals surface area (Å²) in [6.07, 6.45) is -0.322. The molecule has 5 nitrogen and oxygen atoms in total. The fourth-order valence-electron chi connectivity index (χ4n) is 1.43. The van der Waals surface area contributed by atoms with Crippen LogP contribution in [0.1, 0.15) is 25.6 Å². The fraction of sp³-hybridized carbons (Fsp3) is 0.538. The summed E-state index contributed by atoms with van der Waals surface area (Å²) < 4.78 is 9.87. The highest BCUT2D eigenvalue weighted by atomic mass is 35.5. The number of amides is 1. The summed E-state index contributed by atoms with van der Waals surface area (Å²) in [6.45, 7) is 5.24. The second kappa shape index (κ2) is 7.50. The Morgan fingerprint density at radius 2 is 2.15 bits per heavy atom. The molecule has 0 saturated carbocycles. The van der Waals surface area contributed by atoms with Gasteiger partial charge in [-0.2, -0.15) is 0 Å². The highest BCUT2D eigenvalue weighted by Gasteiger charge is 2.26. The van der Waals surface area contributed by atoms with E-state index in [-0.39, 0.29) is 6.07 Å². The quantitative estimate of drug-likeness (QED) is 0.669. The maximum absolute atomic E-state index is 11.8. The summed E-state index contributed by atoms with van der Waals surface area (Å²) in [5.41, 5.74) is -0.631. The summed E-state index contributed by atoms with van der Waals surface area (Å²) in [7, 11) is 0. The molecule has 0 aromatic carbocycles. The van der Waals surface area contributed by atoms with Crippen LogP contribution in [0.15, 0.2) is 17.5 Å². The van der Waals surface area contributed by atoms with Crippen molar-refractivity contribution in [1.29, 1.82) is 0 Å². The van der Waals surface area contributed by atoms with E-state index in [1.807, 2.05) is 17.5 Å². The molecular formula is C13H18ClNO4S. The van der Waals surface area contributed by atoms with Crippen molar-refractivity contribution in [2.75, 3.05) is 6.07 Å². The van der Waals surface area contributed by atoms with E-state index < -0.39 is 23.7 Å². The van der Waals surface area contributed by atoms with E-state index >= 15 is 0 Å². The smallest absolute Gasteiger partial charge is 0.408 e. The number of ether oxygens (including phenoxy) is 2. The molecule has 0 fully saturated rings. The van der Waals surface area contributed by atoms with E-state index in [9.17, 15) is 9.59 Å². The molecule has 1 aromatic heterocycles. The SMILES string of the molecule is CC(C)(C)OC(=O)NC(Cc1cccs1)C(=O)OCCl. The second-order valence-electron chi connectivity index (χ2n) is 5.05.